The van der Waals surface area contributed by atoms with Crippen LogP contribution in [0.1, 0.15) is 56.6 Å². The van der Waals surface area contributed by atoms with Crippen LogP contribution in [-0.2, 0) is 9.59 Å². The van der Waals surface area contributed by atoms with Crippen LogP contribution in [0.3, 0.4) is 0 Å². The van der Waals surface area contributed by atoms with Crippen molar-refractivity contribution in [3.63, 3.8) is 0 Å². The summed E-state index contributed by atoms with van der Waals surface area (Å²) in [5.41, 5.74) is 6.88. The SMILES string of the molecule is CCC1c2cc(C3=NNC(=O)C4CCCC34)ccc2NC(=O)C1C. The highest BCUT2D eigenvalue weighted by molar-refractivity contribution is 6.07. The molecule has 0 saturated heterocycles. The maximum Gasteiger partial charge on any atom is 0.243 e. The van der Waals surface area contributed by atoms with Crippen molar-refractivity contribution >= 4 is 23.2 Å². The van der Waals surface area contributed by atoms with Gasteiger partial charge in [0.1, 0.15) is 0 Å². The second-order valence-corrected chi connectivity index (χ2v) is 7.21. The zero-order chi connectivity index (χ0) is 16.8. The van der Waals surface area contributed by atoms with Crippen LogP contribution in [0.4, 0.5) is 5.69 Å². The van der Waals surface area contributed by atoms with E-state index in [1.54, 1.807) is 0 Å². The zero-order valence-corrected chi connectivity index (χ0v) is 14.1. The fraction of sp³-hybridized carbons (Fsp3) is 0.526. The molecule has 2 amide bonds. The van der Waals surface area contributed by atoms with Crippen molar-refractivity contribution in [2.24, 2.45) is 22.9 Å². The maximum absolute atomic E-state index is 12.1. The number of nitrogens with one attached hydrogen (secondary N) is 2. The summed E-state index contributed by atoms with van der Waals surface area (Å²) in [6.07, 6.45) is 3.99. The molecule has 1 aliphatic carbocycles. The molecule has 1 aromatic rings. The molecule has 1 saturated carbocycles. The molecule has 2 N–H and O–H groups in total. The number of fused-ring (bicyclic) bond motifs is 2. The van der Waals surface area contributed by atoms with Gasteiger partial charge >= 0.3 is 0 Å². The molecular formula is C19H23N3O2. The minimum Gasteiger partial charge on any atom is -0.326 e. The number of anilines is 1. The molecule has 2 aliphatic heterocycles. The molecule has 2 heterocycles. The van der Waals surface area contributed by atoms with E-state index < -0.39 is 0 Å². The largest absolute Gasteiger partial charge is 0.326 e. The first kappa shape index (κ1) is 15.4. The van der Waals surface area contributed by atoms with Crippen molar-refractivity contribution in [2.75, 3.05) is 5.32 Å². The summed E-state index contributed by atoms with van der Waals surface area (Å²) >= 11 is 0. The van der Waals surface area contributed by atoms with Crippen LogP contribution >= 0.6 is 0 Å². The van der Waals surface area contributed by atoms with Crippen LogP contribution in [0.2, 0.25) is 0 Å². The minimum atomic E-state index is -0.0232. The molecular weight excluding hydrogens is 302 g/mol. The smallest absolute Gasteiger partial charge is 0.243 e. The molecule has 1 aromatic carbocycles. The lowest BCUT2D eigenvalue weighted by Gasteiger charge is -2.31. The van der Waals surface area contributed by atoms with E-state index >= 15 is 0 Å². The topological polar surface area (TPSA) is 70.6 Å². The second kappa shape index (κ2) is 5.72. The first-order valence-electron chi connectivity index (χ1n) is 8.92. The molecule has 24 heavy (non-hydrogen) atoms. The fourth-order valence-electron chi connectivity index (χ4n) is 4.58. The van der Waals surface area contributed by atoms with Gasteiger partial charge in [0, 0.05) is 23.4 Å². The van der Waals surface area contributed by atoms with Gasteiger partial charge in [-0.25, -0.2) is 5.43 Å². The van der Waals surface area contributed by atoms with Crippen LogP contribution in [0, 0.1) is 17.8 Å². The van der Waals surface area contributed by atoms with Crippen molar-refractivity contribution in [1.82, 2.24) is 5.43 Å². The van der Waals surface area contributed by atoms with E-state index in [-0.39, 0.29) is 35.5 Å². The number of rotatable bonds is 2. The molecule has 0 spiro atoms. The number of hydrazone groups is 1. The zero-order valence-electron chi connectivity index (χ0n) is 14.1. The number of carbonyl (C=O) groups is 2. The number of amides is 2. The number of hydrogen-bond donors (Lipinski definition) is 2. The van der Waals surface area contributed by atoms with Crippen LogP contribution in [0.15, 0.2) is 23.3 Å². The van der Waals surface area contributed by atoms with Gasteiger partial charge in [-0.05, 0) is 48.4 Å². The molecule has 4 atom stereocenters. The van der Waals surface area contributed by atoms with Gasteiger partial charge in [-0.3, -0.25) is 9.59 Å². The van der Waals surface area contributed by atoms with Crippen LogP contribution in [0.5, 0.6) is 0 Å². The van der Waals surface area contributed by atoms with Crippen molar-refractivity contribution in [3.05, 3.63) is 29.3 Å². The first-order valence-corrected chi connectivity index (χ1v) is 8.92. The third-order valence-electron chi connectivity index (χ3n) is 5.95. The Morgan fingerprint density at radius 3 is 2.75 bits per heavy atom. The number of hydrogen-bond acceptors (Lipinski definition) is 3. The molecule has 3 aliphatic rings. The predicted octanol–water partition coefficient (Wildman–Crippen LogP) is 3.02. The highest BCUT2D eigenvalue weighted by Crippen LogP contribution is 2.41. The third-order valence-corrected chi connectivity index (χ3v) is 5.95. The molecule has 126 valence electrons. The summed E-state index contributed by atoms with van der Waals surface area (Å²) in [6.45, 7) is 4.12. The second-order valence-electron chi connectivity index (χ2n) is 7.21. The number of carbonyl (C=O) groups excluding carboxylic acids is 2. The van der Waals surface area contributed by atoms with Crippen LogP contribution in [0.25, 0.3) is 0 Å². The van der Waals surface area contributed by atoms with E-state index in [0.29, 0.717) is 0 Å². The molecule has 5 heteroatoms. The molecule has 5 nitrogen and oxygen atoms in total. The van der Waals surface area contributed by atoms with E-state index in [1.165, 1.54) is 5.56 Å². The fourth-order valence-corrected chi connectivity index (χ4v) is 4.58. The Morgan fingerprint density at radius 1 is 1.17 bits per heavy atom. The quantitative estimate of drug-likeness (QED) is 0.877. The molecule has 0 bridgehead atoms. The third kappa shape index (κ3) is 2.26. The first-order chi connectivity index (χ1) is 11.6. The van der Waals surface area contributed by atoms with Crippen LogP contribution in [-0.4, -0.2) is 17.5 Å². The number of benzene rings is 1. The van der Waals surface area contributed by atoms with Gasteiger partial charge in [0.25, 0.3) is 0 Å². The van der Waals surface area contributed by atoms with Crippen molar-refractivity contribution < 1.29 is 9.59 Å². The molecule has 0 aromatic heterocycles. The van der Waals surface area contributed by atoms with Crippen molar-refractivity contribution in [2.45, 2.75) is 45.4 Å². The average molecular weight is 325 g/mol. The molecule has 4 rings (SSSR count). The summed E-state index contributed by atoms with van der Waals surface area (Å²) < 4.78 is 0. The Kier molecular flexibility index (Phi) is 3.66. The lowest BCUT2D eigenvalue weighted by atomic mass is 9.79. The van der Waals surface area contributed by atoms with E-state index in [4.69, 9.17) is 0 Å². The van der Waals surface area contributed by atoms with Crippen molar-refractivity contribution in [1.29, 1.82) is 0 Å². The molecule has 0 radical (unpaired) electrons. The van der Waals surface area contributed by atoms with E-state index in [2.05, 4.69) is 28.8 Å². The summed E-state index contributed by atoms with van der Waals surface area (Å²) in [6, 6.07) is 6.18. The molecule has 4 unspecified atom stereocenters. The summed E-state index contributed by atoms with van der Waals surface area (Å²) in [5, 5.41) is 7.40. The maximum atomic E-state index is 12.1. The Hall–Kier alpha value is -2.17. The van der Waals surface area contributed by atoms with Gasteiger partial charge in [0.05, 0.1) is 5.71 Å². The predicted molar refractivity (Wildman–Crippen MR) is 92.8 cm³/mol. The van der Waals surface area contributed by atoms with E-state index in [0.717, 1.165) is 42.6 Å². The standard InChI is InChI=1S/C19H23N3O2/c1-3-12-10(2)18(23)20-16-8-7-11(9-15(12)16)17-13-5-4-6-14(13)19(24)22-21-17/h7-10,12-14H,3-6H2,1-2H3,(H,20,23)(H,22,24). The Morgan fingerprint density at radius 2 is 1.96 bits per heavy atom. The van der Waals surface area contributed by atoms with Gasteiger partial charge in [0.15, 0.2) is 0 Å². The summed E-state index contributed by atoms with van der Waals surface area (Å²) in [5.74, 6) is 0.658. The van der Waals surface area contributed by atoms with E-state index in [1.807, 2.05) is 19.1 Å². The summed E-state index contributed by atoms with van der Waals surface area (Å²) in [4.78, 5) is 24.1. The number of nitrogens with zero attached hydrogens (tertiary/aromatic N) is 1. The molecule has 1 fully saturated rings. The monoisotopic (exact) mass is 325 g/mol. The lowest BCUT2D eigenvalue weighted by molar-refractivity contribution is -0.126. The Balaban J connectivity index is 1.75. The van der Waals surface area contributed by atoms with Gasteiger partial charge < -0.3 is 5.32 Å². The van der Waals surface area contributed by atoms with Gasteiger partial charge in [-0.2, -0.15) is 5.10 Å². The van der Waals surface area contributed by atoms with E-state index in [9.17, 15) is 9.59 Å². The van der Waals surface area contributed by atoms with Gasteiger partial charge in [-0.1, -0.05) is 26.3 Å². The highest BCUT2D eigenvalue weighted by atomic mass is 16.2. The van der Waals surface area contributed by atoms with Gasteiger partial charge in [-0.15, -0.1) is 0 Å². The normalized spacial score (nSPS) is 31.7. The van der Waals surface area contributed by atoms with Crippen molar-refractivity contribution in [3.8, 4) is 0 Å². The highest BCUT2D eigenvalue weighted by Gasteiger charge is 2.40. The van der Waals surface area contributed by atoms with Gasteiger partial charge in [0.2, 0.25) is 11.8 Å². The summed E-state index contributed by atoms with van der Waals surface area (Å²) in [7, 11) is 0. The minimum absolute atomic E-state index is 0.0232. The lowest BCUT2D eigenvalue weighted by Crippen LogP contribution is -2.39. The Bertz CT molecular complexity index is 740. The van der Waals surface area contributed by atoms with Crippen LogP contribution < -0.4 is 10.7 Å². The Labute approximate surface area is 141 Å². The average Bonchev–Trinajstić information content (AvgIpc) is 3.07.